The minimum atomic E-state index is -0.808. The number of benzene rings is 1. The number of primary amides is 1. The smallest absolute Gasteiger partial charge is 0.234 e. The maximum atomic E-state index is 11.2. The van der Waals surface area contributed by atoms with E-state index in [1.165, 1.54) is 0 Å². The number of aliphatic hydroxyl groups excluding tert-OH is 1. The highest BCUT2D eigenvalue weighted by molar-refractivity contribution is 5.80. The zero-order valence-electron chi connectivity index (χ0n) is 12.2. The van der Waals surface area contributed by atoms with E-state index in [0.717, 1.165) is 0 Å². The normalized spacial score (nSPS) is 13.5. The van der Waals surface area contributed by atoms with Crippen molar-refractivity contribution in [2.75, 3.05) is 13.2 Å². The molecule has 0 aliphatic heterocycles. The summed E-state index contributed by atoms with van der Waals surface area (Å²) in [6.45, 7) is 3.94. The van der Waals surface area contributed by atoms with Gasteiger partial charge in [-0.15, -0.1) is 0 Å². The third kappa shape index (κ3) is 5.42. The minimum absolute atomic E-state index is 0.0231. The molecule has 0 saturated carbocycles. The molecule has 0 spiro atoms. The third-order valence-electron chi connectivity index (χ3n) is 2.99. The number of ether oxygens (including phenoxy) is 1. The molecule has 0 fully saturated rings. The number of carbonyl (C=O) groups excluding carboxylic acids is 1. The molecule has 114 valence electrons. The molecule has 1 amide bonds. The van der Waals surface area contributed by atoms with Gasteiger partial charge in [-0.05, 0) is 18.1 Å². The van der Waals surface area contributed by atoms with Crippen LogP contribution in [0.5, 0.6) is 5.75 Å². The predicted molar refractivity (Wildman–Crippen MR) is 78.5 cm³/mol. The molecular formula is C15H21N3O3. The van der Waals surface area contributed by atoms with E-state index in [0.29, 0.717) is 11.3 Å². The van der Waals surface area contributed by atoms with E-state index in [9.17, 15) is 9.90 Å². The van der Waals surface area contributed by atoms with Gasteiger partial charge in [-0.3, -0.25) is 4.79 Å². The quantitative estimate of drug-likeness (QED) is 0.642. The van der Waals surface area contributed by atoms with Gasteiger partial charge in [-0.25, -0.2) is 0 Å². The second kappa shape index (κ2) is 8.25. The van der Waals surface area contributed by atoms with Crippen molar-refractivity contribution in [1.82, 2.24) is 5.32 Å². The van der Waals surface area contributed by atoms with Gasteiger partial charge in [0.15, 0.2) is 0 Å². The lowest BCUT2D eigenvalue weighted by Crippen LogP contribution is -2.48. The van der Waals surface area contributed by atoms with Crippen molar-refractivity contribution < 1.29 is 14.6 Å². The van der Waals surface area contributed by atoms with Gasteiger partial charge in [-0.2, -0.15) is 5.26 Å². The number of carbonyl (C=O) groups is 1. The summed E-state index contributed by atoms with van der Waals surface area (Å²) in [7, 11) is 0. The Morgan fingerprint density at radius 1 is 1.48 bits per heavy atom. The van der Waals surface area contributed by atoms with E-state index < -0.39 is 18.1 Å². The molecule has 2 atom stereocenters. The Bertz CT molecular complexity index is 511. The maximum absolute atomic E-state index is 11.2. The molecule has 4 N–H and O–H groups in total. The second-order valence-corrected chi connectivity index (χ2v) is 5.11. The van der Waals surface area contributed by atoms with Crippen molar-refractivity contribution in [3.8, 4) is 11.8 Å². The number of aliphatic hydroxyl groups is 1. The summed E-state index contributed by atoms with van der Waals surface area (Å²) < 4.78 is 5.41. The number of para-hydroxylation sites is 1. The van der Waals surface area contributed by atoms with Crippen LogP contribution in [0.25, 0.3) is 0 Å². The van der Waals surface area contributed by atoms with Crippen molar-refractivity contribution in [1.29, 1.82) is 5.26 Å². The SMILES string of the molecule is CC(C)C(NCC(O)COc1ccccc1C#N)C(N)=O. The van der Waals surface area contributed by atoms with Crippen LogP contribution in [-0.2, 0) is 4.79 Å². The van der Waals surface area contributed by atoms with Crippen LogP contribution < -0.4 is 15.8 Å². The summed E-state index contributed by atoms with van der Waals surface area (Å²) in [5.74, 6) is 0.0113. The van der Waals surface area contributed by atoms with Gasteiger partial charge in [-0.1, -0.05) is 26.0 Å². The van der Waals surface area contributed by atoms with E-state index >= 15 is 0 Å². The Morgan fingerprint density at radius 2 is 2.14 bits per heavy atom. The van der Waals surface area contributed by atoms with Gasteiger partial charge in [0.2, 0.25) is 5.91 Å². The second-order valence-electron chi connectivity index (χ2n) is 5.11. The molecule has 6 heteroatoms. The summed E-state index contributed by atoms with van der Waals surface area (Å²) in [4.78, 5) is 11.2. The Morgan fingerprint density at radius 3 is 2.71 bits per heavy atom. The molecule has 0 heterocycles. The van der Waals surface area contributed by atoms with Gasteiger partial charge in [0.05, 0.1) is 11.6 Å². The van der Waals surface area contributed by atoms with Gasteiger partial charge >= 0.3 is 0 Å². The predicted octanol–water partition coefficient (Wildman–Crippen LogP) is 0.397. The lowest BCUT2D eigenvalue weighted by atomic mass is 10.0. The summed E-state index contributed by atoms with van der Waals surface area (Å²) in [5, 5.41) is 21.7. The molecule has 21 heavy (non-hydrogen) atoms. The molecular weight excluding hydrogens is 270 g/mol. The number of nitrogens with one attached hydrogen (secondary N) is 1. The van der Waals surface area contributed by atoms with Gasteiger partial charge in [0.25, 0.3) is 0 Å². The molecule has 0 aliphatic rings. The van der Waals surface area contributed by atoms with Crippen molar-refractivity contribution >= 4 is 5.91 Å². The largest absolute Gasteiger partial charge is 0.489 e. The summed E-state index contributed by atoms with van der Waals surface area (Å²) in [6.07, 6.45) is -0.808. The van der Waals surface area contributed by atoms with Crippen molar-refractivity contribution in [2.24, 2.45) is 11.7 Å². The van der Waals surface area contributed by atoms with Crippen LogP contribution in [0.4, 0.5) is 0 Å². The van der Waals surface area contributed by atoms with E-state index in [1.807, 2.05) is 19.9 Å². The standard InChI is InChI=1S/C15H21N3O3/c1-10(2)14(15(17)20)18-8-12(19)9-21-13-6-4-3-5-11(13)7-16/h3-6,10,12,14,18-19H,8-9H2,1-2H3,(H2,17,20). The van der Waals surface area contributed by atoms with Crippen LogP contribution in [0.1, 0.15) is 19.4 Å². The first-order chi connectivity index (χ1) is 9.95. The monoisotopic (exact) mass is 291 g/mol. The average molecular weight is 291 g/mol. The average Bonchev–Trinajstić information content (AvgIpc) is 2.44. The number of nitriles is 1. The molecule has 1 rings (SSSR count). The molecule has 6 nitrogen and oxygen atoms in total. The first kappa shape index (κ1) is 17.0. The fraction of sp³-hybridized carbons (Fsp3) is 0.467. The Balaban J connectivity index is 2.46. The van der Waals surface area contributed by atoms with E-state index in [2.05, 4.69) is 5.32 Å². The number of rotatable bonds is 8. The number of nitrogens with two attached hydrogens (primary N) is 1. The Hall–Kier alpha value is -2.10. The number of nitrogens with zero attached hydrogens (tertiary/aromatic N) is 1. The van der Waals surface area contributed by atoms with Gasteiger partial charge < -0.3 is 20.9 Å². The molecule has 1 aromatic rings. The van der Waals surface area contributed by atoms with Crippen molar-refractivity contribution in [3.05, 3.63) is 29.8 Å². The lowest BCUT2D eigenvalue weighted by Gasteiger charge is -2.21. The van der Waals surface area contributed by atoms with Crippen LogP contribution >= 0.6 is 0 Å². The highest BCUT2D eigenvalue weighted by Crippen LogP contribution is 2.16. The summed E-state index contributed by atoms with van der Waals surface area (Å²) in [5.41, 5.74) is 5.69. The van der Waals surface area contributed by atoms with Crippen LogP contribution in [-0.4, -0.2) is 36.3 Å². The van der Waals surface area contributed by atoms with Crippen molar-refractivity contribution in [3.63, 3.8) is 0 Å². The molecule has 0 radical (unpaired) electrons. The summed E-state index contributed by atoms with van der Waals surface area (Å²) in [6, 6.07) is 8.32. The number of hydrogen-bond donors (Lipinski definition) is 3. The first-order valence-corrected chi connectivity index (χ1v) is 6.78. The lowest BCUT2D eigenvalue weighted by molar-refractivity contribution is -0.121. The minimum Gasteiger partial charge on any atom is -0.489 e. The highest BCUT2D eigenvalue weighted by atomic mass is 16.5. The van der Waals surface area contributed by atoms with Crippen LogP contribution in [0, 0.1) is 17.2 Å². The van der Waals surface area contributed by atoms with Crippen molar-refractivity contribution in [2.45, 2.75) is 26.0 Å². The van der Waals surface area contributed by atoms with Crippen LogP contribution in [0.2, 0.25) is 0 Å². The van der Waals surface area contributed by atoms with Gasteiger partial charge in [0, 0.05) is 6.54 Å². The van der Waals surface area contributed by atoms with Crippen LogP contribution in [0.3, 0.4) is 0 Å². The molecule has 0 aromatic heterocycles. The Kier molecular flexibility index (Phi) is 6.66. The molecule has 0 saturated heterocycles. The molecule has 0 bridgehead atoms. The van der Waals surface area contributed by atoms with E-state index in [4.69, 9.17) is 15.7 Å². The zero-order chi connectivity index (χ0) is 15.8. The number of amides is 1. The molecule has 2 unspecified atom stereocenters. The fourth-order valence-electron chi connectivity index (χ4n) is 1.86. The summed E-state index contributed by atoms with van der Waals surface area (Å²) >= 11 is 0. The fourth-order valence-corrected chi connectivity index (χ4v) is 1.86. The zero-order valence-corrected chi connectivity index (χ0v) is 12.2. The Labute approximate surface area is 124 Å². The maximum Gasteiger partial charge on any atom is 0.234 e. The first-order valence-electron chi connectivity index (χ1n) is 6.78. The van der Waals surface area contributed by atoms with Crippen LogP contribution in [0.15, 0.2) is 24.3 Å². The van der Waals surface area contributed by atoms with E-state index in [1.54, 1.807) is 24.3 Å². The topological polar surface area (TPSA) is 108 Å². The molecule has 1 aromatic carbocycles. The highest BCUT2D eigenvalue weighted by Gasteiger charge is 2.20. The third-order valence-corrected chi connectivity index (χ3v) is 2.99. The van der Waals surface area contributed by atoms with E-state index in [-0.39, 0.29) is 19.1 Å². The van der Waals surface area contributed by atoms with Gasteiger partial charge in [0.1, 0.15) is 24.5 Å². The number of hydrogen-bond acceptors (Lipinski definition) is 5. The molecule has 0 aliphatic carbocycles.